The van der Waals surface area contributed by atoms with Crippen LogP contribution in [0.2, 0.25) is 0 Å². The molecule has 0 unspecified atom stereocenters. The number of ketones is 1. The number of ether oxygens (including phenoxy) is 2. The Bertz CT molecular complexity index is 812. The van der Waals surface area contributed by atoms with Gasteiger partial charge in [-0.05, 0) is 19.1 Å². The third-order valence-corrected chi connectivity index (χ3v) is 4.09. The molecular weight excluding hydrogens is 334 g/mol. The van der Waals surface area contributed by atoms with E-state index in [4.69, 9.17) is 9.47 Å². The summed E-state index contributed by atoms with van der Waals surface area (Å²) < 4.78 is 10.2. The molecule has 9 heteroatoms. The average Bonchev–Trinajstić information content (AvgIpc) is 2.99. The van der Waals surface area contributed by atoms with E-state index in [1.165, 1.54) is 36.6 Å². The number of nitro benzene ring substituents is 1. The van der Waals surface area contributed by atoms with E-state index in [-0.39, 0.29) is 11.4 Å². The molecule has 2 aromatic rings. The Labute approximate surface area is 141 Å². The maximum Gasteiger partial charge on any atom is 0.314 e. The zero-order chi connectivity index (χ0) is 17.7. The van der Waals surface area contributed by atoms with Crippen molar-refractivity contribution in [1.29, 1.82) is 5.26 Å². The Hall–Kier alpha value is -2.99. The highest BCUT2D eigenvalue weighted by Crippen LogP contribution is 2.31. The van der Waals surface area contributed by atoms with Crippen LogP contribution in [0.5, 0.6) is 11.5 Å². The summed E-state index contributed by atoms with van der Waals surface area (Å²) in [6.45, 7) is 1.29. The second-order valence-electron chi connectivity index (χ2n) is 4.73. The van der Waals surface area contributed by atoms with Crippen LogP contribution in [0.25, 0.3) is 0 Å². The number of aromatic nitrogens is 1. The number of hydrogen-bond acceptors (Lipinski definition) is 8. The quantitative estimate of drug-likeness (QED) is 0.558. The molecule has 0 amide bonds. The van der Waals surface area contributed by atoms with Gasteiger partial charge in [-0.3, -0.25) is 14.9 Å². The van der Waals surface area contributed by atoms with Crippen LogP contribution in [0.4, 0.5) is 5.69 Å². The van der Waals surface area contributed by atoms with E-state index in [9.17, 15) is 20.2 Å². The lowest BCUT2D eigenvalue weighted by Crippen LogP contribution is -2.19. The van der Waals surface area contributed by atoms with E-state index in [1.54, 1.807) is 12.3 Å². The van der Waals surface area contributed by atoms with E-state index in [1.807, 2.05) is 6.07 Å². The van der Waals surface area contributed by atoms with E-state index in [0.717, 1.165) is 5.69 Å². The molecule has 0 aliphatic carbocycles. The monoisotopic (exact) mass is 347 g/mol. The molecule has 1 aromatic carbocycles. The molecule has 8 nitrogen and oxygen atoms in total. The first-order valence-corrected chi connectivity index (χ1v) is 7.63. The first kappa shape index (κ1) is 17.4. The van der Waals surface area contributed by atoms with Gasteiger partial charge in [0.2, 0.25) is 0 Å². The van der Waals surface area contributed by atoms with Crippen molar-refractivity contribution in [1.82, 2.24) is 4.98 Å². The smallest absolute Gasteiger partial charge is 0.314 e. The number of methoxy groups -OCH3 is 1. The van der Waals surface area contributed by atoms with E-state index in [0.29, 0.717) is 10.8 Å². The molecule has 124 valence electrons. The predicted octanol–water partition coefficient (Wildman–Crippen LogP) is 2.62. The van der Waals surface area contributed by atoms with Gasteiger partial charge in [0.25, 0.3) is 0 Å². The number of Topliss-reactive ketones (excluding diaryl/α,β-unsaturated/α-hetero) is 1. The minimum absolute atomic E-state index is 0.0684. The van der Waals surface area contributed by atoms with Gasteiger partial charge in [-0.15, -0.1) is 11.3 Å². The maximum atomic E-state index is 12.2. The lowest BCUT2D eigenvalue weighted by molar-refractivity contribution is -0.385. The van der Waals surface area contributed by atoms with Crippen molar-refractivity contribution in [3.63, 3.8) is 0 Å². The SMILES string of the molecule is COc1ccc(OCC(=O)[C@@H](C#N)c2nc(C)cs2)c([N+](=O)[O-])c1. The van der Waals surface area contributed by atoms with Crippen LogP contribution in [0, 0.1) is 28.4 Å². The van der Waals surface area contributed by atoms with Crippen molar-refractivity contribution in [2.75, 3.05) is 13.7 Å². The van der Waals surface area contributed by atoms with Crippen LogP contribution >= 0.6 is 11.3 Å². The molecule has 0 aliphatic heterocycles. The summed E-state index contributed by atoms with van der Waals surface area (Å²) >= 11 is 1.21. The largest absolute Gasteiger partial charge is 0.496 e. The van der Waals surface area contributed by atoms with Crippen molar-refractivity contribution >= 4 is 22.8 Å². The fourth-order valence-corrected chi connectivity index (χ4v) is 2.75. The van der Waals surface area contributed by atoms with Gasteiger partial charge in [0.15, 0.2) is 17.5 Å². The summed E-state index contributed by atoms with van der Waals surface area (Å²) in [5, 5.41) is 22.4. The van der Waals surface area contributed by atoms with Gasteiger partial charge in [0.05, 0.1) is 24.2 Å². The highest BCUT2D eigenvalue weighted by molar-refractivity contribution is 7.09. The summed E-state index contributed by atoms with van der Waals surface area (Å²) in [6.07, 6.45) is 0. The molecule has 0 radical (unpaired) electrons. The van der Waals surface area contributed by atoms with Crippen LogP contribution < -0.4 is 9.47 Å². The van der Waals surface area contributed by atoms with Gasteiger partial charge in [-0.2, -0.15) is 5.26 Å². The van der Waals surface area contributed by atoms with E-state index >= 15 is 0 Å². The van der Waals surface area contributed by atoms with Gasteiger partial charge in [-0.1, -0.05) is 0 Å². The number of carbonyl (C=O) groups is 1. The van der Waals surface area contributed by atoms with Crippen LogP contribution in [-0.2, 0) is 4.79 Å². The summed E-state index contributed by atoms with van der Waals surface area (Å²) in [5.74, 6) is -1.34. The fraction of sp³-hybridized carbons (Fsp3) is 0.267. The topological polar surface area (TPSA) is 115 Å². The molecule has 0 bridgehead atoms. The third-order valence-electron chi connectivity index (χ3n) is 3.07. The number of nitro groups is 1. The predicted molar refractivity (Wildman–Crippen MR) is 85.4 cm³/mol. The molecule has 0 saturated carbocycles. The summed E-state index contributed by atoms with van der Waals surface area (Å²) in [5.41, 5.74) is 0.399. The lowest BCUT2D eigenvalue weighted by atomic mass is 10.1. The van der Waals surface area contributed by atoms with Gasteiger partial charge in [0, 0.05) is 11.1 Å². The van der Waals surface area contributed by atoms with Crippen LogP contribution in [0.1, 0.15) is 16.6 Å². The Morgan fingerprint density at radius 3 is 2.83 bits per heavy atom. The normalized spacial score (nSPS) is 11.4. The Kier molecular flexibility index (Phi) is 5.44. The van der Waals surface area contributed by atoms with E-state index < -0.39 is 23.2 Å². The highest BCUT2D eigenvalue weighted by atomic mass is 32.1. The zero-order valence-corrected chi connectivity index (χ0v) is 13.7. The number of carbonyl (C=O) groups excluding carboxylic acids is 1. The summed E-state index contributed by atoms with van der Waals surface area (Å²) in [7, 11) is 1.39. The molecule has 2 rings (SSSR count). The molecule has 0 fully saturated rings. The maximum absolute atomic E-state index is 12.2. The molecule has 0 saturated heterocycles. The second kappa shape index (κ2) is 7.52. The number of rotatable bonds is 7. The first-order valence-electron chi connectivity index (χ1n) is 6.75. The van der Waals surface area contributed by atoms with Gasteiger partial charge < -0.3 is 9.47 Å². The third kappa shape index (κ3) is 3.85. The fourth-order valence-electron chi connectivity index (χ4n) is 1.89. The number of hydrogen-bond donors (Lipinski definition) is 0. The van der Waals surface area contributed by atoms with Gasteiger partial charge in [-0.25, -0.2) is 4.98 Å². The Morgan fingerprint density at radius 2 is 2.29 bits per heavy atom. The number of nitrogens with zero attached hydrogens (tertiary/aromatic N) is 3. The Balaban J connectivity index is 2.14. The van der Waals surface area contributed by atoms with Crippen LogP contribution in [0.3, 0.4) is 0 Å². The standard InChI is InChI=1S/C15H13N3O5S/c1-9-8-24-15(17-9)11(6-16)13(19)7-23-14-4-3-10(22-2)5-12(14)18(20)21/h3-5,8,11H,7H2,1-2H3/t11-/m1/s1. The van der Waals surface area contributed by atoms with E-state index in [2.05, 4.69) is 4.98 Å². The highest BCUT2D eigenvalue weighted by Gasteiger charge is 2.25. The van der Waals surface area contributed by atoms with Crippen molar-refractivity contribution in [3.8, 4) is 17.6 Å². The molecule has 24 heavy (non-hydrogen) atoms. The zero-order valence-electron chi connectivity index (χ0n) is 12.9. The number of aryl methyl sites for hydroxylation is 1. The van der Waals surface area contributed by atoms with Gasteiger partial charge >= 0.3 is 5.69 Å². The lowest BCUT2D eigenvalue weighted by Gasteiger charge is -2.09. The van der Waals surface area contributed by atoms with Crippen molar-refractivity contribution in [2.45, 2.75) is 12.8 Å². The molecular formula is C15H13N3O5S. The summed E-state index contributed by atoms with van der Waals surface area (Å²) in [6, 6.07) is 5.92. The Morgan fingerprint density at radius 1 is 1.54 bits per heavy atom. The van der Waals surface area contributed by atoms with Crippen molar-refractivity contribution in [2.24, 2.45) is 0 Å². The number of benzene rings is 1. The second-order valence-corrected chi connectivity index (χ2v) is 5.62. The molecule has 1 aromatic heterocycles. The van der Waals surface area contributed by atoms with Gasteiger partial charge in [0.1, 0.15) is 17.4 Å². The first-order chi connectivity index (χ1) is 11.5. The molecule has 1 heterocycles. The number of nitriles is 1. The minimum atomic E-state index is -1.05. The molecule has 0 spiro atoms. The average molecular weight is 347 g/mol. The van der Waals surface area contributed by atoms with Crippen LogP contribution in [0.15, 0.2) is 23.6 Å². The number of thiazole rings is 1. The van der Waals surface area contributed by atoms with Crippen molar-refractivity contribution in [3.05, 3.63) is 44.4 Å². The van der Waals surface area contributed by atoms with Crippen molar-refractivity contribution < 1.29 is 19.2 Å². The summed E-state index contributed by atoms with van der Waals surface area (Å²) in [4.78, 5) is 26.8. The minimum Gasteiger partial charge on any atom is -0.496 e. The molecule has 0 N–H and O–H groups in total. The van der Waals surface area contributed by atoms with Crippen LogP contribution in [-0.4, -0.2) is 29.4 Å². The molecule has 1 atom stereocenters. The molecule has 0 aliphatic rings.